The number of nitrogens with zero attached hydrogens (tertiary/aromatic N) is 1. The minimum Gasteiger partial charge on any atom is -0.399 e. The molecule has 118 valence electrons. The molecule has 1 aromatic heterocycles. The number of nitrogens with two attached hydrogens (primary N) is 1. The van der Waals surface area contributed by atoms with Gasteiger partial charge in [0.2, 0.25) is 0 Å². The predicted molar refractivity (Wildman–Crippen MR) is 95.3 cm³/mol. The monoisotopic (exact) mass is 308 g/mol. The zero-order valence-corrected chi connectivity index (χ0v) is 14.0. The summed E-state index contributed by atoms with van der Waals surface area (Å²) < 4.78 is 14.0. The van der Waals surface area contributed by atoms with Crippen molar-refractivity contribution in [2.24, 2.45) is 0 Å². The van der Waals surface area contributed by atoms with Crippen molar-refractivity contribution in [2.45, 2.75) is 38.9 Å². The summed E-state index contributed by atoms with van der Waals surface area (Å²) in [6, 6.07) is 14.4. The van der Waals surface area contributed by atoms with Crippen LogP contribution in [0.25, 0.3) is 21.8 Å². The van der Waals surface area contributed by atoms with Gasteiger partial charge in [-0.15, -0.1) is 0 Å². The number of nitrogen functional groups attached to an aromatic ring is 1. The van der Waals surface area contributed by atoms with Gasteiger partial charge in [0.15, 0.2) is 0 Å². The number of benzene rings is 2. The molecule has 0 radical (unpaired) electrons. The third kappa shape index (κ3) is 2.00. The van der Waals surface area contributed by atoms with Crippen molar-refractivity contribution in [2.75, 3.05) is 5.84 Å². The molecule has 1 aliphatic rings. The number of hydrogen-bond donors (Lipinski definition) is 1. The Morgan fingerprint density at radius 3 is 2.17 bits per heavy atom. The molecule has 4 rings (SSSR count). The van der Waals surface area contributed by atoms with E-state index in [4.69, 9.17) is 15.2 Å². The van der Waals surface area contributed by atoms with Crippen molar-refractivity contribution in [3.8, 4) is 0 Å². The van der Waals surface area contributed by atoms with E-state index in [1.165, 1.54) is 0 Å². The number of rotatable bonds is 1. The second kappa shape index (κ2) is 4.52. The van der Waals surface area contributed by atoms with Gasteiger partial charge in [0.05, 0.1) is 22.2 Å². The Kier molecular flexibility index (Phi) is 2.87. The average Bonchev–Trinajstić information content (AvgIpc) is 2.91. The Balaban J connectivity index is 1.85. The molecule has 0 spiro atoms. The van der Waals surface area contributed by atoms with Gasteiger partial charge in [0.1, 0.15) is 0 Å². The maximum absolute atomic E-state index is 6.28. The van der Waals surface area contributed by atoms with Gasteiger partial charge in [-0.3, -0.25) is 4.68 Å². The van der Waals surface area contributed by atoms with Crippen molar-refractivity contribution < 1.29 is 9.31 Å². The summed E-state index contributed by atoms with van der Waals surface area (Å²) in [7, 11) is -0.373. The van der Waals surface area contributed by atoms with Crippen LogP contribution in [-0.2, 0) is 9.31 Å². The van der Waals surface area contributed by atoms with Crippen LogP contribution < -0.4 is 11.3 Å². The maximum atomic E-state index is 6.28. The SMILES string of the molecule is CC1(C)OB(c2ccc3c4ccccc4n(N)c3c2)OC1(C)C. The van der Waals surface area contributed by atoms with Crippen LogP contribution in [0.15, 0.2) is 42.5 Å². The maximum Gasteiger partial charge on any atom is 0.494 e. The molecule has 0 unspecified atom stereocenters. The topological polar surface area (TPSA) is 49.4 Å². The van der Waals surface area contributed by atoms with E-state index in [-0.39, 0.29) is 18.3 Å². The van der Waals surface area contributed by atoms with E-state index < -0.39 is 0 Å². The Labute approximate surface area is 136 Å². The Bertz CT molecular complexity index is 898. The van der Waals surface area contributed by atoms with Gasteiger partial charge in [-0.2, -0.15) is 0 Å². The molecule has 1 saturated heterocycles. The third-order valence-corrected chi connectivity index (χ3v) is 5.26. The van der Waals surface area contributed by atoms with E-state index in [0.717, 1.165) is 27.3 Å². The van der Waals surface area contributed by atoms with Crippen molar-refractivity contribution in [3.63, 3.8) is 0 Å². The summed E-state index contributed by atoms with van der Waals surface area (Å²) in [5, 5.41) is 2.30. The minimum absolute atomic E-state index is 0.345. The zero-order chi connectivity index (χ0) is 16.4. The molecule has 0 bridgehead atoms. The molecule has 23 heavy (non-hydrogen) atoms. The standard InChI is InChI=1S/C18H21BN2O2/c1-17(2)18(3,4)23-19(22-17)12-9-10-14-13-7-5-6-8-15(13)21(20)16(14)11-12/h5-11H,20H2,1-4H3. The second-order valence-corrected chi connectivity index (χ2v) is 7.25. The molecule has 4 nitrogen and oxygen atoms in total. The van der Waals surface area contributed by atoms with Crippen LogP contribution in [0.5, 0.6) is 0 Å². The molecule has 0 aliphatic carbocycles. The van der Waals surface area contributed by atoms with Crippen LogP contribution in [0, 0.1) is 0 Å². The van der Waals surface area contributed by atoms with Crippen molar-refractivity contribution >= 4 is 34.4 Å². The molecular formula is C18H21BN2O2. The summed E-state index contributed by atoms with van der Waals surface area (Å²) in [6.45, 7) is 8.24. The highest BCUT2D eigenvalue weighted by Gasteiger charge is 2.51. The number of para-hydroxylation sites is 1. The molecule has 0 atom stereocenters. The Hall–Kier alpha value is -1.98. The first kappa shape index (κ1) is 14.6. The molecule has 1 fully saturated rings. The molecule has 2 N–H and O–H groups in total. The largest absolute Gasteiger partial charge is 0.494 e. The summed E-state index contributed by atoms with van der Waals surface area (Å²) >= 11 is 0. The van der Waals surface area contributed by atoms with Gasteiger partial charge in [-0.1, -0.05) is 30.3 Å². The summed E-state index contributed by atoms with van der Waals surface area (Å²) in [6.07, 6.45) is 0. The van der Waals surface area contributed by atoms with Crippen LogP contribution in [0.1, 0.15) is 27.7 Å². The molecule has 0 amide bonds. The van der Waals surface area contributed by atoms with Gasteiger partial charge >= 0.3 is 7.12 Å². The van der Waals surface area contributed by atoms with Crippen molar-refractivity contribution in [3.05, 3.63) is 42.5 Å². The van der Waals surface area contributed by atoms with Crippen LogP contribution in [0.4, 0.5) is 0 Å². The van der Waals surface area contributed by atoms with Gasteiger partial charge in [-0.05, 0) is 45.3 Å². The van der Waals surface area contributed by atoms with E-state index >= 15 is 0 Å². The molecule has 1 aliphatic heterocycles. The lowest BCUT2D eigenvalue weighted by atomic mass is 9.79. The highest BCUT2D eigenvalue weighted by molar-refractivity contribution is 6.62. The molecule has 5 heteroatoms. The highest BCUT2D eigenvalue weighted by atomic mass is 16.7. The first-order valence-electron chi connectivity index (χ1n) is 7.94. The summed E-state index contributed by atoms with van der Waals surface area (Å²) in [4.78, 5) is 0. The predicted octanol–water partition coefficient (Wildman–Crippen LogP) is 2.81. The quantitative estimate of drug-likeness (QED) is 0.555. The first-order valence-corrected chi connectivity index (χ1v) is 7.94. The minimum atomic E-state index is -0.373. The van der Waals surface area contributed by atoms with Gasteiger partial charge in [0.25, 0.3) is 0 Å². The molecule has 2 heterocycles. The Morgan fingerprint density at radius 1 is 0.870 bits per heavy atom. The van der Waals surface area contributed by atoms with Crippen molar-refractivity contribution in [1.82, 2.24) is 4.68 Å². The average molecular weight is 308 g/mol. The molecule has 3 aromatic rings. The smallest absolute Gasteiger partial charge is 0.399 e. The van der Waals surface area contributed by atoms with E-state index in [0.29, 0.717) is 0 Å². The molecule has 2 aromatic carbocycles. The first-order chi connectivity index (χ1) is 10.8. The Morgan fingerprint density at radius 2 is 1.48 bits per heavy atom. The molecular weight excluding hydrogens is 287 g/mol. The lowest BCUT2D eigenvalue weighted by Gasteiger charge is -2.32. The highest BCUT2D eigenvalue weighted by Crippen LogP contribution is 2.37. The van der Waals surface area contributed by atoms with Crippen LogP contribution in [0.2, 0.25) is 0 Å². The van der Waals surface area contributed by atoms with Crippen molar-refractivity contribution in [1.29, 1.82) is 0 Å². The van der Waals surface area contributed by atoms with E-state index in [1.54, 1.807) is 4.68 Å². The van der Waals surface area contributed by atoms with E-state index in [2.05, 4.69) is 52.0 Å². The van der Waals surface area contributed by atoms with E-state index in [1.807, 2.05) is 18.2 Å². The lowest BCUT2D eigenvalue weighted by molar-refractivity contribution is 0.00578. The second-order valence-electron chi connectivity index (χ2n) is 7.25. The van der Waals surface area contributed by atoms with Crippen LogP contribution in [-0.4, -0.2) is 23.0 Å². The van der Waals surface area contributed by atoms with Gasteiger partial charge in [0, 0.05) is 10.8 Å². The number of fused-ring (bicyclic) bond motifs is 3. The third-order valence-electron chi connectivity index (χ3n) is 5.26. The van der Waals surface area contributed by atoms with Crippen LogP contribution in [0.3, 0.4) is 0 Å². The van der Waals surface area contributed by atoms with Crippen LogP contribution >= 0.6 is 0 Å². The number of aromatic nitrogens is 1. The summed E-state index contributed by atoms with van der Waals surface area (Å²) in [5.74, 6) is 6.28. The fraction of sp³-hybridized carbons (Fsp3) is 0.333. The fourth-order valence-corrected chi connectivity index (χ4v) is 3.14. The zero-order valence-electron chi connectivity index (χ0n) is 14.0. The number of hydrogen-bond acceptors (Lipinski definition) is 3. The van der Waals surface area contributed by atoms with Gasteiger partial charge < -0.3 is 15.2 Å². The van der Waals surface area contributed by atoms with Gasteiger partial charge in [-0.25, -0.2) is 0 Å². The lowest BCUT2D eigenvalue weighted by Crippen LogP contribution is -2.41. The summed E-state index contributed by atoms with van der Waals surface area (Å²) in [5.41, 5.74) is 2.31. The fourth-order valence-electron chi connectivity index (χ4n) is 3.14. The van der Waals surface area contributed by atoms with E-state index in [9.17, 15) is 0 Å². The normalized spacial score (nSPS) is 19.7. The molecule has 0 saturated carbocycles.